The third-order valence-corrected chi connectivity index (χ3v) is 5.31. The Morgan fingerprint density at radius 3 is 2.81 bits per heavy atom. The van der Waals surface area contributed by atoms with Crippen LogP contribution in [0.15, 0.2) is 24.3 Å². The van der Waals surface area contributed by atoms with Crippen LogP contribution in [0.1, 0.15) is 37.4 Å². The van der Waals surface area contributed by atoms with E-state index in [0.717, 1.165) is 43.0 Å². The molecule has 2 aliphatic rings. The monoisotopic (exact) mass is 391 g/mol. The summed E-state index contributed by atoms with van der Waals surface area (Å²) in [6, 6.07) is 7.71. The Bertz CT molecular complexity index is 778. The van der Waals surface area contributed by atoms with Crippen molar-refractivity contribution in [3.63, 3.8) is 0 Å². The standard InChI is InChI=1S/C19H25N5O2.ClH/c1-26-12-19(7-9-20-10-8-19)18(25)21-15-4-2-3-14(11-15)17-22-16(23-24-17)13-5-6-13;/h2-4,11,13,20H,5-10,12H2,1H3,(H,21,25)(H,22,23,24);1H. The number of methoxy groups -OCH3 is 1. The maximum absolute atomic E-state index is 13.0. The van der Waals surface area contributed by atoms with Gasteiger partial charge in [0.1, 0.15) is 5.82 Å². The zero-order valence-corrected chi connectivity index (χ0v) is 16.3. The number of carbonyl (C=O) groups excluding carboxylic acids is 1. The summed E-state index contributed by atoms with van der Waals surface area (Å²) in [5, 5.41) is 13.7. The molecule has 2 aromatic rings. The SMILES string of the molecule is COCC1(C(=O)Nc2cccc(-c3n[nH]c(C4CC4)n3)c2)CCNCC1.Cl. The molecule has 1 saturated heterocycles. The number of aromatic nitrogens is 3. The minimum atomic E-state index is -0.472. The highest BCUT2D eigenvalue weighted by atomic mass is 35.5. The number of benzene rings is 1. The minimum Gasteiger partial charge on any atom is -0.384 e. The van der Waals surface area contributed by atoms with Crippen LogP contribution in [0.25, 0.3) is 11.4 Å². The van der Waals surface area contributed by atoms with Gasteiger partial charge in [-0.15, -0.1) is 12.4 Å². The van der Waals surface area contributed by atoms with Crippen molar-refractivity contribution in [1.82, 2.24) is 20.5 Å². The Labute approximate surface area is 165 Å². The van der Waals surface area contributed by atoms with Gasteiger partial charge in [0.2, 0.25) is 5.91 Å². The lowest BCUT2D eigenvalue weighted by molar-refractivity contribution is -0.130. The van der Waals surface area contributed by atoms with Gasteiger partial charge >= 0.3 is 0 Å². The molecular weight excluding hydrogens is 366 g/mol. The van der Waals surface area contributed by atoms with Crippen LogP contribution in [-0.2, 0) is 9.53 Å². The first-order chi connectivity index (χ1) is 12.7. The minimum absolute atomic E-state index is 0. The van der Waals surface area contributed by atoms with Crippen molar-refractivity contribution in [2.24, 2.45) is 5.41 Å². The van der Waals surface area contributed by atoms with Gasteiger partial charge in [-0.2, -0.15) is 5.10 Å². The molecule has 4 rings (SSSR count). The molecule has 2 fully saturated rings. The topological polar surface area (TPSA) is 91.9 Å². The number of rotatable bonds is 6. The molecule has 2 heterocycles. The van der Waals surface area contributed by atoms with Crippen molar-refractivity contribution < 1.29 is 9.53 Å². The van der Waals surface area contributed by atoms with E-state index in [4.69, 9.17) is 4.74 Å². The quantitative estimate of drug-likeness (QED) is 0.704. The van der Waals surface area contributed by atoms with Crippen LogP contribution in [-0.4, -0.2) is 47.9 Å². The maximum atomic E-state index is 13.0. The van der Waals surface area contributed by atoms with Crippen LogP contribution in [0, 0.1) is 5.41 Å². The fourth-order valence-electron chi connectivity index (χ4n) is 3.56. The summed E-state index contributed by atoms with van der Waals surface area (Å²) in [7, 11) is 1.65. The second kappa shape index (κ2) is 8.37. The van der Waals surface area contributed by atoms with Crippen molar-refractivity contribution in [1.29, 1.82) is 0 Å². The van der Waals surface area contributed by atoms with Gasteiger partial charge in [0.25, 0.3) is 0 Å². The number of amides is 1. The third kappa shape index (κ3) is 4.31. The van der Waals surface area contributed by atoms with E-state index in [1.165, 1.54) is 12.8 Å². The Kier molecular flexibility index (Phi) is 6.14. The van der Waals surface area contributed by atoms with E-state index in [-0.39, 0.29) is 18.3 Å². The average Bonchev–Trinajstić information content (AvgIpc) is 3.40. The summed E-state index contributed by atoms with van der Waals surface area (Å²) in [4.78, 5) is 17.6. The zero-order valence-electron chi connectivity index (χ0n) is 15.5. The second-order valence-corrected chi connectivity index (χ2v) is 7.32. The van der Waals surface area contributed by atoms with E-state index < -0.39 is 5.41 Å². The number of nitrogens with zero attached hydrogens (tertiary/aromatic N) is 2. The van der Waals surface area contributed by atoms with Gasteiger partial charge in [0.15, 0.2) is 5.82 Å². The third-order valence-electron chi connectivity index (χ3n) is 5.31. The smallest absolute Gasteiger partial charge is 0.233 e. The highest BCUT2D eigenvalue weighted by Crippen LogP contribution is 2.38. The van der Waals surface area contributed by atoms with Crippen molar-refractivity contribution >= 4 is 24.0 Å². The van der Waals surface area contributed by atoms with Crippen LogP contribution >= 0.6 is 12.4 Å². The number of nitrogens with one attached hydrogen (secondary N) is 3. The molecule has 0 spiro atoms. The first-order valence-corrected chi connectivity index (χ1v) is 9.24. The molecule has 1 aliphatic carbocycles. The lowest BCUT2D eigenvalue weighted by Crippen LogP contribution is -2.47. The van der Waals surface area contributed by atoms with Crippen molar-refractivity contribution in [3.8, 4) is 11.4 Å². The van der Waals surface area contributed by atoms with E-state index in [2.05, 4.69) is 25.8 Å². The summed E-state index contributed by atoms with van der Waals surface area (Å²) in [6.07, 6.45) is 3.92. The fraction of sp³-hybridized carbons (Fsp3) is 0.526. The number of piperidine rings is 1. The van der Waals surface area contributed by atoms with Gasteiger partial charge in [-0.3, -0.25) is 9.89 Å². The van der Waals surface area contributed by atoms with Crippen LogP contribution in [0.3, 0.4) is 0 Å². The van der Waals surface area contributed by atoms with Gasteiger partial charge in [0, 0.05) is 24.3 Å². The Hall–Kier alpha value is -1.96. The number of anilines is 1. The molecule has 1 aromatic carbocycles. The molecule has 1 saturated carbocycles. The Morgan fingerprint density at radius 2 is 2.11 bits per heavy atom. The molecule has 0 bridgehead atoms. The van der Waals surface area contributed by atoms with Gasteiger partial charge in [-0.25, -0.2) is 4.98 Å². The molecule has 1 aliphatic heterocycles. The van der Waals surface area contributed by atoms with Crippen molar-refractivity contribution in [3.05, 3.63) is 30.1 Å². The average molecular weight is 392 g/mol. The van der Waals surface area contributed by atoms with E-state index in [0.29, 0.717) is 18.3 Å². The predicted octanol–water partition coefficient (Wildman–Crippen LogP) is 2.73. The molecule has 1 aromatic heterocycles. The Balaban J connectivity index is 0.00000210. The lowest BCUT2D eigenvalue weighted by atomic mass is 9.78. The van der Waals surface area contributed by atoms with Gasteiger partial charge in [-0.1, -0.05) is 12.1 Å². The highest BCUT2D eigenvalue weighted by molar-refractivity contribution is 5.96. The molecule has 8 heteroatoms. The number of carbonyl (C=O) groups is 1. The predicted molar refractivity (Wildman–Crippen MR) is 106 cm³/mol. The number of ether oxygens (including phenoxy) is 1. The lowest BCUT2D eigenvalue weighted by Gasteiger charge is -2.35. The van der Waals surface area contributed by atoms with Gasteiger partial charge in [-0.05, 0) is 50.9 Å². The normalized spacial score (nSPS) is 18.6. The fourth-order valence-corrected chi connectivity index (χ4v) is 3.56. The molecule has 0 unspecified atom stereocenters. The number of halogens is 1. The van der Waals surface area contributed by atoms with Crippen LogP contribution in [0.5, 0.6) is 0 Å². The number of H-pyrrole nitrogens is 1. The molecular formula is C19H26ClN5O2. The van der Waals surface area contributed by atoms with E-state index in [9.17, 15) is 4.79 Å². The van der Waals surface area contributed by atoms with Crippen molar-refractivity contribution in [2.45, 2.75) is 31.6 Å². The number of aromatic amines is 1. The largest absolute Gasteiger partial charge is 0.384 e. The number of hydrogen-bond donors (Lipinski definition) is 3. The second-order valence-electron chi connectivity index (χ2n) is 7.32. The zero-order chi connectivity index (χ0) is 18.0. The van der Waals surface area contributed by atoms with Crippen LogP contribution < -0.4 is 10.6 Å². The van der Waals surface area contributed by atoms with Crippen LogP contribution in [0.2, 0.25) is 0 Å². The van der Waals surface area contributed by atoms with Crippen LogP contribution in [0.4, 0.5) is 5.69 Å². The first-order valence-electron chi connectivity index (χ1n) is 9.24. The molecule has 1 amide bonds. The van der Waals surface area contributed by atoms with Gasteiger partial charge < -0.3 is 15.4 Å². The summed E-state index contributed by atoms with van der Waals surface area (Å²) in [5.41, 5.74) is 1.19. The summed E-state index contributed by atoms with van der Waals surface area (Å²) >= 11 is 0. The molecule has 7 nitrogen and oxygen atoms in total. The Morgan fingerprint density at radius 1 is 1.33 bits per heavy atom. The summed E-state index contributed by atoms with van der Waals surface area (Å²) < 4.78 is 5.35. The van der Waals surface area contributed by atoms with E-state index in [1.54, 1.807) is 7.11 Å². The maximum Gasteiger partial charge on any atom is 0.233 e. The van der Waals surface area contributed by atoms with Crippen molar-refractivity contribution in [2.75, 3.05) is 32.1 Å². The van der Waals surface area contributed by atoms with E-state index >= 15 is 0 Å². The molecule has 3 N–H and O–H groups in total. The highest BCUT2D eigenvalue weighted by Gasteiger charge is 2.39. The summed E-state index contributed by atoms with van der Waals surface area (Å²) in [5.74, 6) is 2.19. The number of hydrogen-bond acceptors (Lipinski definition) is 5. The molecule has 0 atom stereocenters. The summed E-state index contributed by atoms with van der Waals surface area (Å²) in [6.45, 7) is 2.10. The van der Waals surface area contributed by atoms with E-state index in [1.807, 2.05) is 24.3 Å². The molecule has 0 radical (unpaired) electrons. The molecule has 146 valence electrons. The molecule has 27 heavy (non-hydrogen) atoms. The van der Waals surface area contributed by atoms with Gasteiger partial charge in [0.05, 0.1) is 12.0 Å². The first kappa shape index (κ1) is 19.8.